The molecule has 0 saturated carbocycles. The van der Waals surface area contributed by atoms with E-state index in [1.54, 1.807) is 12.1 Å². The number of aromatic nitrogens is 1. The number of H-pyrrole nitrogens is 1. The van der Waals surface area contributed by atoms with Gasteiger partial charge >= 0.3 is 0 Å². The number of carbonyl (C=O) groups is 1. The summed E-state index contributed by atoms with van der Waals surface area (Å²) in [7, 11) is 0. The van der Waals surface area contributed by atoms with Crippen LogP contribution in [-0.4, -0.2) is 22.5 Å². The number of phenolic OH excluding ortho intramolecular Hbond substituents is 1. The zero-order chi connectivity index (χ0) is 16.2. The maximum Gasteiger partial charge on any atom is 0.253 e. The molecule has 2 aromatic carbocycles. The van der Waals surface area contributed by atoms with E-state index >= 15 is 0 Å². The molecule has 3 rings (SSSR count). The van der Waals surface area contributed by atoms with Gasteiger partial charge in [0.25, 0.3) is 5.91 Å². The number of aromatic amines is 1. The SMILES string of the molecule is CCNC(=O)c1cc(-c2ccc(O)cc2)[nH]c1-c1ccccc1. The van der Waals surface area contributed by atoms with Crippen molar-refractivity contribution in [3.63, 3.8) is 0 Å². The minimum Gasteiger partial charge on any atom is -0.508 e. The van der Waals surface area contributed by atoms with Crippen molar-refractivity contribution in [3.05, 3.63) is 66.2 Å². The summed E-state index contributed by atoms with van der Waals surface area (Å²) in [5, 5.41) is 12.3. The van der Waals surface area contributed by atoms with Gasteiger partial charge in [-0.2, -0.15) is 0 Å². The van der Waals surface area contributed by atoms with Crippen LogP contribution >= 0.6 is 0 Å². The Bertz CT molecular complexity index is 805. The van der Waals surface area contributed by atoms with Crippen LogP contribution in [0.3, 0.4) is 0 Å². The van der Waals surface area contributed by atoms with Crippen molar-refractivity contribution >= 4 is 5.91 Å². The molecule has 1 heterocycles. The van der Waals surface area contributed by atoms with E-state index in [1.165, 1.54) is 0 Å². The zero-order valence-electron chi connectivity index (χ0n) is 12.8. The number of carbonyl (C=O) groups excluding carboxylic acids is 1. The maximum absolute atomic E-state index is 12.4. The predicted molar refractivity (Wildman–Crippen MR) is 91.3 cm³/mol. The van der Waals surface area contributed by atoms with Crippen LogP contribution in [0.1, 0.15) is 17.3 Å². The fraction of sp³-hybridized carbons (Fsp3) is 0.105. The lowest BCUT2D eigenvalue weighted by Gasteiger charge is -2.04. The first-order valence-electron chi connectivity index (χ1n) is 7.55. The highest BCUT2D eigenvalue weighted by molar-refractivity contribution is 6.01. The van der Waals surface area contributed by atoms with Gasteiger partial charge in [-0.25, -0.2) is 0 Å². The van der Waals surface area contributed by atoms with Crippen LogP contribution in [0, 0.1) is 0 Å². The van der Waals surface area contributed by atoms with E-state index in [1.807, 2.05) is 55.5 Å². The molecule has 0 saturated heterocycles. The molecule has 0 fully saturated rings. The standard InChI is InChI=1S/C19H18N2O2/c1-2-20-19(23)16-12-17(13-8-10-15(22)11-9-13)21-18(16)14-6-4-3-5-7-14/h3-12,21-22H,2H2,1H3,(H,20,23). The van der Waals surface area contributed by atoms with Crippen molar-refractivity contribution < 1.29 is 9.90 Å². The number of rotatable bonds is 4. The fourth-order valence-corrected chi connectivity index (χ4v) is 2.52. The van der Waals surface area contributed by atoms with Gasteiger partial charge in [0.1, 0.15) is 5.75 Å². The molecule has 0 aliphatic carbocycles. The molecule has 1 amide bonds. The van der Waals surface area contributed by atoms with E-state index in [0.29, 0.717) is 12.1 Å². The second kappa shape index (κ2) is 6.40. The van der Waals surface area contributed by atoms with Crippen LogP contribution in [0.4, 0.5) is 0 Å². The Balaban J connectivity index is 2.10. The van der Waals surface area contributed by atoms with E-state index < -0.39 is 0 Å². The minimum absolute atomic E-state index is 0.104. The lowest BCUT2D eigenvalue weighted by molar-refractivity contribution is 0.0956. The molecule has 0 bridgehead atoms. The van der Waals surface area contributed by atoms with E-state index in [4.69, 9.17) is 0 Å². The molecule has 1 aromatic heterocycles. The highest BCUT2D eigenvalue weighted by atomic mass is 16.3. The van der Waals surface area contributed by atoms with Gasteiger partial charge in [0.2, 0.25) is 0 Å². The van der Waals surface area contributed by atoms with Crippen LogP contribution in [0.2, 0.25) is 0 Å². The first kappa shape index (κ1) is 14.9. The number of hydrogen-bond acceptors (Lipinski definition) is 2. The number of aromatic hydroxyl groups is 1. The summed E-state index contributed by atoms with van der Waals surface area (Å²) in [6, 6.07) is 18.5. The lowest BCUT2D eigenvalue weighted by atomic mass is 10.1. The average Bonchev–Trinajstić information content (AvgIpc) is 3.02. The van der Waals surface area contributed by atoms with Crippen LogP contribution in [0.25, 0.3) is 22.5 Å². The average molecular weight is 306 g/mol. The molecule has 23 heavy (non-hydrogen) atoms. The monoisotopic (exact) mass is 306 g/mol. The first-order valence-corrected chi connectivity index (χ1v) is 7.55. The van der Waals surface area contributed by atoms with Crippen molar-refractivity contribution in [2.75, 3.05) is 6.54 Å². The van der Waals surface area contributed by atoms with Crippen molar-refractivity contribution in [2.24, 2.45) is 0 Å². The summed E-state index contributed by atoms with van der Waals surface area (Å²) in [6.45, 7) is 2.47. The first-order chi connectivity index (χ1) is 11.2. The van der Waals surface area contributed by atoms with Gasteiger partial charge < -0.3 is 15.4 Å². The third kappa shape index (κ3) is 3.11. The van der Waals surface area contributed by atoms with Gasteiger partial charge in [-0.3, -0.25) is 4.79 Å². The lowest BCUT2D eigenvalue weighted by Crippen LogP contribution is -2.22. The van der Waals surface area contributed by atoms with Gasteiger partial charge in [-0.15, -0.1) is 0 Å². The molecule has 0 radical (unpaired) electrons. The van der Waals surface area contributed by atoms with Gasteiger partial charge in [-0.05, 0) is 48.4 Å². The molecule has 4 nitrogen and oxygen atoms in total. The largest absolute Gasteiger partial charge is 0.508 e. The molecule has 0 aliphatic rings. The van der Waals surface area contributed by atoms with E-state index in [0.717, 1.165) is 22.5 Å². The fourth-order valence-electron chi connectivity index (χ4n) is 2.52. The Hall–Kier alpha value is -3.01. The van der Waals surface area contributed by atoms with Crippen molar-refractivity contribution in [1.29, 1.82) is 0 Å². The Kier molecular flexibility index (Phi) is 4.15. The summed E-state index contributed by atoms with van der Waals surface area (Å²) in [6.07, 6.45) is 0. The predicted octanol–water partition coefficient (Wildman–Crippen LogP) is 3.80. The molecule has 0 unspecified atom stereocenters. The normalized spacial score (nSPS) is 10.5. The van der Waals surface area contributed by atoms with Crippen LogP contribution in [0.15, 0.2) is 60.7 Å². The van der Waals surface area contributed by atoms with Crippen molar-refractivity contribution in [2.45, 2.75) is 6.92 Å². The Morgan fingerprint density at radius 3 is 2.39 bits per heavy atom. The zero-order valence-corrected chi connectivity index (χ0v) is 12.8. The topological polar surface area (TPSA) is 65.1 Å². The van der Waals surface area contributed by atoms with E-state index in [9.17, 15) is 9.90 Å². The molecule has 0 atom stereocenters. The Labute approximate surface area is 134 Å². The van der Waals surface area contributed by atoms with Crippen LogP contribution in [0.5, 0.6) is 5.75 Å². The molecule has 3 aromatic rings. The summed E-state index contributed by atoms with van der Waals surface area (Å²) >= 11 is 0. The quantitative estimate of drug-likeness (QED) is 0.686. The summed E-state index contributed by atoms with van der Waals surface area (Å²) in [5.74, 6) is 0.111. The Morgan fingerprint density at radius 2 is 1.74 bits per heavy atom. The number of phenols is 1. The van der Waals surface area contributed by atoms with E-state index in [-0.39, 0.29) is 11.7 Å². The molecule has 4 heteroatoms. The number of amides is 1. The summed E-state index contributed by atoms with van der Waals surface area (Å²) in [5.41, 5.74) is 4.11. The molecule has 3 N–H and O–H groups in total. The summed E-state index contributed by atoms with van der Waals surface area (Å²) in [4.78, 5) is 15.7. The van der Waals surface area contributed by atoms with Gasteiger partial charge in [-0.1, -0.05) is 30.3 Å². The van der Waals surface area contributed by atoms with Crippen LogP contribution in [-0.2, 0) is 0 Å². The van der Waals surface area contributed by atoms with Crippen LogP contribution < -0.4 is 5.32 Å². The van der Waals surface area contributed by atoms with E-state index in [2.05, 4.69) is 10.3 Å². The summed E-state index contributed by atoms with van der Waals surface area (Å²) < 4.78 is 0. The molecular formula is C19H18N2O2. The van der Waals surface area contributed by atoms with Crippen molar-refractivity contribution in [1.82, 2.24) is 10.3 Å². The highest BCUT2D eigenvalue weighted by Crippen LogP contribution is 2.29. The third-order valence-corrected chi connectivity index (χ3v) is 3.64. The minimum atomic E-state index is -0.104. The smallest absolute Gasteiger partial charge is 0.253 e. The maximum atomic E-state index is 12.4. The number of hydrogen-bond donors (Lipinski definition) is 3. The second-order valence-electron chi connectivity index (χ2n) is 5.24. The molecule has 0 spiro atoms. The van der Waals surface area contributed by atoms with Gasteiger partial charge in [0.05, 0.1) is 11.3 Å². The Morgan fingerprint density at radius 1 is 1.04 bits per heavy atom. The number of benzene rings is 2. The highest BCUT2D eigenvalue weighted by Gasteiger charge is 2.17. The van der Waals surface area contributed by atoms with Gasteiger partial charge in [0, 0.05) is 12.2 Å². The second-order valence-corrected chi connectivity index (χ2v) is 5.24. The number of nitrogens with one attached hydrogen (secondary N) is 2. The molecular weight excluding hydrogens is 288 g/mol. The molecule has 116 valence electrons. The van der Waals surface area contributed by atoms with Crippen molar-refractivity contribution in [3.8, 4) is 28.3 Å². The molecule has 0 aliphatic heterocycles. The third-order valence-electron chi connectivity index (χ3n) is 3.64. The van der Waals surface area contributed by atoms with Gasteiger partial charge in [0.15, 0.2) is 0 Å².